The molecule has 1 unspecified atom stereocenters. The molecule has 0 fully saturated rings. The molecule has 0 bridgehead atoms. The fourth-order valence-electron chi connectivity index (χ4n) is 3.37. The first-order chi connectivity index (χ1) is 14.5. The van der Waals surface area contributed by atoms with Crippen molar-refractivity contribution in [3.8, 4) is 0 Å². The van der Waals surface area contributed by atoms with Crippen LogP contribution in [0, 0.1) is 5.82 Å². The number of thiophene rings is 1. The number of halogens is 1. The van der Waals surface area contributed by atoms with Gasteiger partial charge in [0.05, 0.1) is 11.5 Å². The molecule has 3 rings (SSSR count). The van der Waals surface area contributed by atoms with Crippen LogP contribution in [-0.2, 0) is 16.1 Å². The number of benzene rings is 2. The number of anilines is 1. The number of hydrogen-bond acceptors (Lipinski definition) is 4. The minimum absolute atomic E-state index is 0.118. The molecule has 1 N–H and O–H groups in total. The Kier molecular flexibility index (Phi) is 7.18. The van der Waals surface area contributed by atoms with E-state index in [1.165, 1.54) is 24.5 Å². The van der Waals surface area contributed by atoms with Crippen molar-refractivity contribution in [2.45, 2.75) is 32.9 Å². The maximum Gasteiger partial charge on any atom is 0.265 e. The zero-order chi connectivity index (χ0) is 21.7. The predicted molar refractivity (Wildman–Crippen MR) is 118 cm³/mol. The van der Waals surface area contributed by atoms with Gasteiger partial charge in [0.2, 0.25) is 5.91 Å². The van der Waals surface area contributed by atoms with Gasteiger partial charge in [-0.15, -0.1) is 11.3 Å². The van der Waals surface area contributed by atoms with Gasteiger partial charge in [-0.1, -0.05) is 31.2 Å². The summed E-state index contributed by atoms with van der Waals surface area (Å²) in [5.41, 5.74) is 1.19. The number of nitrogens with zero attached hydrogens (tertiary/aromatic N) is 1. The lowest BCUT2D eigenvalue weighted by Crippen LogP contribution is -2.46. The van der Waals surface area contributed by atoms with Crippen LogP contribution >= 0.6 is 11.3 Å². The highest BCUT2D eigenvalue weighted by Gasteiger charge is 2.30. The minimum atomic E-state index is -0.692. The van der Waals surface area contributed by atoms with Gasteiger partial charge in [0.1, 0.15) is 11.9 Å². The van der Waals surface area contributed by atoms with E-state index in [0.29, 0.717) is 39.2 Å². The van der Waals surface area contributed by atoms with Gasteiger partial charge in [-0.05, 0) is 37.6 Å². The molecular formula is C23H25FN2O3S. The molecule has 5 nitrogen and oxygen atoms in total. The zero-order valence-corrected chi connectivity index (χ0v) is 18.1. The molecule has 2 amide bonds. The molecule has 0 radical (unpaired) electrons. The van der Waals surface area contributed by atoms with E-state index in [-0.39, 0.29) is 24.2 Å². The maximum atomic E-state index is 14.5. The maximum absolute atomic E-state index is 14.5. The van der Waals surface area contributed by atoms with Crippen molar-refractivity contribution in [1.82, 2.24) is 4.90 Å². The van der Waals surface area contributed by atoms with Crippen molar-refractivity contribution < 1.29 is 18.7 Å². The summed E-state index contributed by atoms with van der Waals surface area (Å²) in [5, 5.41) is 3.26. The average Bonchev–Trinajstić information content (AvgIpc) is 3.12. The Morgan fingerprint density at radius 3 is 2.57 bits per heavy atom. The summed E-state index contributed by atoms with van der Waals surface area (Å²) in [6.07, 6.45) is 0.688. The van der Waals surface area contributed by atoms with E-state index < -0.39 is 6.04 Å². The molecule has 0 spiro atoms. The Morgan fingerprint density at radius 1 is 1.17 bits per heavy atom. The monoisotopic (exact) mass is 428 g/mol. The molecule has 1 heterocycles. The molecule has 2 aromatic carbocycles. The van der Waals surface area contributed by atoms with Crippen molar-refractivity contribution in [3.63, 3.8) is 0 Å². The van der Waals surface area contributed by atoms with Gasteiger partial charge in [-0.2, -0.15) is 0 Å². The fourth-order valence-corrected chi connectivity index (χ4v) is 4.55. The molecular weight excluding hydrogens is 403 g/mol. The second kappa shape index (κ2) is 9.82. The quantitative estimate of drug-likeness (QED) is 0.545. The van der Waals surface area contributed by atoms with Gasteiger partial charge in [-0.3, -0.25) is 9.59 Å². The number of methoxy groups -OCH3 is 1. The second-order valence-corrected chi connectivity index (χ2v) is 8.04. The summed E-state index contributed by atoms with van der Waals surface area (Å²) >= 11 is 1.23. The van der Waals surface area contributed by atoms with E-state index in [1.54, 1.807) is 36.1 Å². The van der Waals surface area contributed by atoms with Crippen molar-refractivity contribution >= 4 is 38.9 Å². The van der Waals surface area contributed by atoms with Crippen LogP contribution in [0.3, 0.4) is 0 Å². The number of carbonyl (C=O) groups is 2. The van der Waals surface area contributed by atoms with Crippen LogP contribution in [-0.4, -0.2) is 36.4 Å². The first kappa shape index (κ1) is 21.9. The van der Waals surface area contributed by atoms with Crippen molar-refractivity contribution in [3.05, 3.63) is 64.8 Å². The number of para-hydroxylation sites is 1. The summed E-state index contributed by atoms with van der Waals surface area (Å²) in [7, 11) is 1.51. The highest BCUT2D eigenvalue weighted by molar-refractivity contribution is 7.21. The normalized spacial score (nSPS) is 12.0. The summed E-state index contributed by atoms with van der Waals surface area (Å²) in [6.45, 7) is 4.18. The Hall–Kier alpha value is -2.77. The topological polar surface area (TPSA) is 58.6 Å². The van der Waals surface area contributed by atoms with Crippen LogP contribution in [0.25, 0.3) is 10.1 Å². The summed E-state index contributed by atoms with van der Waals surface area (Å²) < 4.78 is 20.4. The molecule has 0 saturated carbocycles. The SMILES string of the molecule is CCCN(C(=O)c1sc2cccc(F)c2c1COC)C(C)C(=O)Nc1ccccc1. The van der Waals surface area contributed by atoms with Gasteiger partial charge in [0.25, 0.3) is 5.91 Å². The standard InChI is InChI=1S/C23H25FN2O3S/c1-4-13-26(15(2)22(27)25-16-9-6-5-7-10-16)23(28)21-17(14-29-3)20-18(24)11-8-12-19(20)30-21/h5-12,15H,4,13-14H2,1-3H3,(H,25,27). The van der Waals surface area contributed by atoms with Gasteiger partial charge < -0.3 is 15.0 Å². The van der Waals surface area contributed by atoms with Crippen LogP contribution in [0.1, 0.15) is 35.5 Å². The van der Waals surface area contributed by atoms with Crippen LogP contribution in [0.2, 0.25) is 0 Å². The minimum Gasteiger partial charge on any atom is -0.380 e. The van der Waals surface area contributed by atoms with Gasteiger partial charge in [-0.25, -0.2) is 4.39 Å². The van der Waals surface area contributed by atoms with Crippen molar-refractivity contribution in [2.24, 2.45) is 0 Å². The van der Waals surface area contributed by atoms with Gasteiger partial charge >= 0.3 is 0 Å². The molecule has 1 atom stereocenters. The molecule has 1 aromatic heterocycles. The number of amides is 2. The fraction of sp³-hybridized carbons (Fsp3) is 0.304. The molecule has 7 heteroatoms. The lowest BCUT2D eigenvalue weighted by molar-refractivity contribution is -0.120. The number of nitrogens with one attached hydrogen (secondary N) is 1. The number of ether oxygens (including phenoxy) is 1. The van der Waals surface area contributed by atoms with Gasteiger partial charge in [0.15, 0.2) is 0 Å². The van der Waals surface area contributed by atoms with E-state index in [9.17, 15) is 14.0 Å². The Morgan fingerprint density at radius 2 is 1.90 bits per heavy atom. The molecule has 0 aliphatic rings. The lowest BCUT2D eigenvalue weighted by atomic mass is 10.1. The second-order valence-electron chi connectivity index (χ2n) is 6.99. The van der Waals surface area contributed by atoms with E-state index >= 15 is 0 Å². The van der Waals surface area contributed by atoms with Crippen LogP contribution in [0.4, 0.5) is 10.1 Å². The Labute approximate surface area is 179 Å². The largest absolute Gasteiger partial charge is 0.380 e. The third kappa shape index (κ3) is 4.52. The number of rotatable bonds is 8. The van der Waals surface area contributed by atoms with Crippen molar-refractivity contribution in [2.75, 3.05) is 19.0 Å². The van der Waals surface area contributed by atoms with Crippen LogP contribution in [0.15, 0.2) is 48.5 Å². The summed E-state index contributed by atoms with van der Waals surface area (Å²) in [4.78, 5) is 28.3. The Balaban J connectivity index is 1.94. The van der Waals surface area contributed by atoms with E-state index in [2.05, 4.69) is 5.32 Å². The third-order valence-electron chi connectivity index (χ3n) is 4.86. The van der Waals surface area contributed by atoms with Crippen molar-refractivity contribution in [1.29, 1.82) is 0 Å². The molecule has 3 aromatic rings. The lowest BCUT2D eigenvalue weighted by Gasteiger charge is -2.28. The first-order valence-electron chi connectivity index (χ1n) is 9.83. The molecule has 0 saturated heterocycles. The predicted octanol–water partition coefficient (Wildman–Crippen LogP) is 5.07. The smallest absolute Gasteiger partial charge is 0.265 e. The molecule has 30 heavy (non-hydrogen) atoms. The van der Waals surface area contributed by atoms with Crippen LogP contribution < -0.4 is 5.32 Å². The highest BCUT2D eigenvalue weighted by atomic mass is 32.1. The Bertz CT molecular complexity index is 1040. The highest BCUT2D eigenvalue weighted by Crippen LogP contribution is 2.35. The number of hydrogen-bond donors (Lipinski definition) is 1. The molecule has 158 valence electrons. The number of fused-ring (bicyclic) bond motifs is 1. The summed E-state index contributed by atoms with van der Waals surface area (Å²) in [5.74, 6) is -0.949. The van der Waals surface area contributed by atoms with Crippen LogP contribution in [0.5, 0.6) is 0 Å². The summed E-state index contributed by atoms with van der Waals surface area (Å²) in [6, 6.07) is 13.2. The zero-order valence-electron chi connectivity index (χ0n) is 17.3. The average molecular weight is 429 g/mol. The van der Waals surface area contributed by atoms with E-state index in [1.807, 2.05) is 25.1 Å². The van der Waals surface area contributed by atoms with E-state index in [0.717, 1.165) is 0 Å². The molecule has 0 aliphatic heterocycles. The number of carbonyl (C=O) groups excluding carboxylic acids is 2. The van der Waals surface area contributed by atoms with E-state index in [4.69, 9.17) is 4.74 Å². The molecule has 0 aliphatic carbocycles. The van der Waals surface area contributed by atoms with Gasteiger partial charge in [0, 0.05) is 35.0 Å². The first-order valence-corrected chi connectivity index (χ1v) is 10.6. The third-order valence-corrected chi connectivity index (χ3v) is 6.05.